The Morgan fingerprint density at radius 3 is 2.73 bits per heavy atom. The van der Waals surface area contributed by atoms with Crippen molar-refractivity contribution in [3.05, 3.63) is 57.8 Å². The van der Waals surface area contributed by atoms with Crippen LogP contribution in [0.1, 0.15) is 10.5 Å². The maximum atomic E-state index is 12.2. The number of thiazole rings is 1. The van der Waals surface area contributed by atoms with Crippen molar-refractivity contribution < 1.29 is 4.79 Å². The van der Waals surface area contributed by atoms with Gasteiger partial charge in [0.2, 0.25) is 0 Å². The van der Waals surface area contributed by atoms with Gasteiger partial charge in [0, 0.05) is 11.6 Å². The van der Waals surface area contributed by atoms with Gasteiger partial charge in [0.1, 0.15) is 16.5 Å². The molecule has 0 spiro atoms. The van der Waals surface area contributed by atoms with Gasteiger partial charge in [-0.05, 0) is 24.3 Å². The number of rotatable bonds is 3. The molecule has 0 aliphatic heterocycles. The van der Waals surface area contributed by atoms with Crippen LogP contribution in [0.3, 0.4) is 0 Å². The molecule has 3 aromatic heterocycles. The van der Waals surface area contributed by atoms with Gasteiger partial charge in [-0.3, -0.25) is 15.1 Å². The van der Waals surface area contributed by atoms with Crippen LogP contribution in [-0.4, -0.2) is 20.9 Å². The normalized spacial score (nSPS) is 10.5. The van der Waals surface area contributed by atoms with Gasteiger partial charge in [-0.15, -0.1) is 11.3 Å². The summed E-state index contributed by atoms with van der Waals surface area (Å²) >= 11 is 13.0. The van der Waals surface area contributed by atoms with Crippen molar-refractivity contribution in [3.8, 4) is 11.4 Å². The van der Waals surface area contributed by atoms with E-state index in [0.29, 0.717) is 10.8 Å². The average Bonchev–Trinajstić information content (AvgIpc) is 2.99. The van der Waals surface area contributed by atoms with Crippen LogP contribution in [0.5, 0.6) is 0 Å². The van der Waals surface area contributed by atoms with E-state index in [-0.39, 0.29) is 15.9 Å². The number of carbonyl (C=O) groups is 1. The lowest BCUT2D eigenvalue weighted by Crippen LogP contribution is -2.14. The topological polar surface area (TPSA) is 67.8 Å². The van der Waals surface area contributed by atoms with Gasteiger partial charge in [-0.25, -0.2) is 9.97 Å². The molecule has 1 N–H and O–H groups in total. The number of nitrogens with zero attached hydrogens (tertiary/aromatic N) is 3. The first-order valence-electron chi connectivity index (χ1n) is 6.14. The Hall–Kier alpha value is -2.02. The highest BCUT2D eigenvalue weighted by molar-refractivity contribution is 7.14. The number of carbonyl (C=O) groups excluding carboxylic acids is 1. The fourth-order valence-corrected chi connectivity index (χ4v) is 2.73. The van der Waals surface area contributed by atoms with Crippen LogP contribution < -0.4 is 5.32 Å². The smallest absolute Gasteiger partial charge is 0.277 e. The molecule has 0 bridgehead atoms. The van der Waals surface area contributed by atoms with Gasteiger partial charge in [-0.2, -0.15) is 0 Å². The summed E-state index contributed by atoms with van der Waals surface area (Å²) in [6, 6.07) is 8.58. The molecule has 3 heterocycles. The predicted octanol–water partition coefficient (Wildman–Crippen LogP) is 4.16. The Balaban J connectivity index is 1.81. The van der Waals surface area contributed by atoms with Crippen molar-refractivity contribution in [2.45, 2.75) is 0 Å². The molecule has 0 saturated carbocycles. The molecule has 3 aromatic rings. The van der Waals surface area contributed by atoms with E-state index >= 15 is 0 Å². The lowest BCUT2D eigenvalue weighted by Gasteiger charge is -2.03. The van der Waals surface area contributed by atoms with Crippen molar-refractivity contribution in [3.63, 3.8) is 0 Å². The monoisotopic (exact) mass is 350 g/mol. The molecule has 0 atom stereocenters. The summed E-state index contributed by atoms with van der Waals surface area (Å²) in [5.74, 6) is -0.463. The van der Waals surface area contributed by atoms with E-state index < -0.39 is 5.91 Å². The lowest BCUT2D eigenvalue weighted by atomic mass is 10.3. The van der Waals surface area contributed by atoms with E-state index in [1.54, 1.807) is 6.20 Å². The fourth-order valence-electron chi connectivity index (χ4n) is 1.70. The molecular formula is C14H8Cl2N4OS. The van der Waals surface area contributed by atoms with Crippen LogP contribution >= 0.6 is 34.5 Å². The molecule has 22 heavy (non-hydrogen) atoms. The minimum atomic E-state index is -0.463. The van der Waals surface area contributed by atoms with Gasteiger partial charge in [0.25, 0.3) is 5.91 Å². The second-order valence-electron chi connectivity index (χ2n) is 4.17. The van der Waals surface area contributed by atoms with Crippen LogP contribution in [0, 0.1) is 0 Å². The molecule has 0 radical (unpaired) electrons. The summed E-state index contributed by atoms with van der Waals surface area (Å²) in [5.41, 5.74) is 1.48. The number of hydrogen-bond donors (Lipinski definition) is 1. The van der Waals surface area contributed by atoms with Crippen LogP contribution in [0.4, 0.5) is 5.13 Å². The Labute approximate surface area is 140 Å². The van der Waals surface area contributed by atoms with Gasteiger partial charge < -0.3 is 0 Å². The lowest BCUT2D eigenvalue weighted by molar-refractivity contribution is 0.102. The molecule has 8 heteroatoms. The molecule has 0 aliphatic rings. The molecular weight excluding hydrogens is 343 g/mol. The summed E-state index contributed by atoms with van der Waals surface area (Å²) in [5, 5.41) is 5.32. The van der Waals surface area contributed by atoms with Gasteiger partial charge in [-0.1, -0.05) is 29.3 Å². The number of anilines is 1. The van der Waals surface area contributed by atoms with Gasteiger partial charge in [0.05, 0.1) is 10.7 Å². The second-order valence-corrected chi connectivity index (χ2v) is 5.82. The van der Waals surface area contributed by atoms with E-state index in [1.165, 1.54) is 23.5 Å². The Morgan fingerprint density at radius 1 is 1.09 bits per heavy atom. The number of halogens is 2. The van der Waals surface area contributed by atoms with E-state index in [1.807, 2.05) is 23.6 Å². The SMILES string of the molecule is O=C(Nc1nc(-c2ccccn2)cs1)c1nc(Cl)ccc1Cl. The first-order valence-corrected chi connectivity index (χ1v) is 7.77. The average molecular weight is 351 g/mol. The Morgan fingerprint density at radius 2 is 1.95 bits per heavy atom. The zero-order valence-electron chi connectivity index (χ0n) is 11.0. The quantitative estimate of drug-likeness (QED) is 0.720. The van der Waals surface area contributed by atoms with Crippen molar-refractivity contribution in [2.75, 3.05) is 5.32 Å². The summed E-state index contributed by atoms with van der Waals surface area (Å²) in [6.45, 7) is 0. The maximum absolute atomic E-state index is 12.2. The first kappa shape index (κ1) is 14.9. The van der Waals surface area contributed by atoms with E-state index in [4.69, 9.17) is 23.2 Å². The van der Waals surface area contributed by atoms with Crippen LogP contribution in [-0.2, 0) is 0 Å². The van der Waals surface area contributed by atoms with Crippen molar-refractivity contribution in [2.24, 2.45) is 0 Å². The highest BCUT2D eigenvalue weighted by Crippen LogP contribution is 2.24. The van der Waals surface area contributed by atoms with E-state index in [9.17, 15) is 4.79 Å². The minimum absolute atomic E-state index is 0.0590. The molecule has 0 aliphatic carbocycles. The molecule has 110 valence electrons. The summed E-state index contributed by atoms with van der Waals surface area (Å²) in [4.78, 5) is 24.6. The number of amides is 1. The highest BCUT2D eigenvalue weighted by atomic mass is 35.5. The third kappa shape index (κ3) is 3.24. The number of nitrogens with one attached hydrogen (secondary N) is 1. The molecule has 0 fully saturated rings. The third-order valence-electron chi connectivity index (χ3n) is 2.68. The third-order valence-corrected chi connectivity index (χ3v) is 3.95. The fraction of sp³-hybridized carbons (Fsp3) is 0. The Bertz CT molecular complexity index is 823. The molecule has 3 rings (SSSR count). The maximum Gasteiger partial charge on any atom is 0.277 e. The first-order chi connectivity index (χ1) is 10.6. The summed E-state index contributed by atoms with van der Waals surface area (Å²) in [7, 11) is 0. The molecule has 0 aromatic carbocycles. The molecule has 0 saturated heterocycles. The van der Waals surface area contributed by atoms with Crippen LogP contribution in [0.15, 0.2) is 41.9 Å². The van der Waals surface area contributed by atoms with Gasteiger partial charge in [0.15, 0.2) is 5.13 Å². The standard InChI is InChI=1S/C14H8Cl2N4OS/c15-8-4-5-11(16)19-12(8)13(21)20-14-18-10(7-22-14)9-3-1-2-6-17-9/h1-7H,(H,18,20,21). The predicted molar refractivity (Wildman–Crippen MR) is 87.6 cm³/mol. The largest absolute Gasteiger partial charge is 0.296 e. The van der Waals surface area contributed by atoms with Crippen molar-refractivity contribution in [1.82, 2.24) is 15.0 Å². The molecule has 1 amide bonds. The van der Waals surface area contributed by atoms with Crippen molar-refractivity contribution in [1.29, 1.82) is 0 Å². The van der Waals surface area contributed by atoms with E-state index in [0.717, 1.165) is 5.69 Å². The number of aromatic nitrogens is 3. The summed E-state index contributed by atoms with van der Waals surface area (Å²) in [6.07, 6.45) is 1.68. The zero-order chi connectivity index (χ0) is 15.5. The zero-order valence-corrected chi connectivity index (χ0v) is 13.3. The minimum Gasteiger partial charge on any atom is -0.296 e. The summed E-state index contributed by atoms with van der Waals surface area (Å²) < 4.78 is 0. The van der Waals surface area contributed by atoms with Gasteiger partial charge >= 0.3 is 0 Å². The van der Waals surface area contributed by atoms with Crippen LogP contribution in [0.25, 0.3) is 11.4 Å². The number of hydrogen-bond acceptors (Lipinski definition) is 5. The Kier molecular flexibility index (Phi) is 4.33. The number of pyridine rings is 2. The molecule has 0 unspecified atom stereocenters. The highest BCUT2D eigenvalue weighted by Gasteiger charge is 2.15. The van der Waals surface area contributed by atoms with Crippen molar-refractivity contribution >= 4 is 45.6 Å². The van der Waals surface area contributed by atoms with Crippen LogP contribution in [0.2, 0.25) is 10.2 Å². The molecule has 5 nitrogen and oxygen atoms in total. The van der Waals surface area contributed by atoms with E-state index in [2.05, 4.69) is 20.3 Å². The second kappa shape index (κ2) is 6.39.